The first-order valence-electron chi connectivity index (χ1n) is 20.2. The number of rotatable bonds is 39. The van der Waals surface area contributed by atoms with E-state index in [2.05, 4.69) is 5.32 Å². The van der Waals surface area contributed by atoms with Gasteiger partial charge >= 0.3 is 0 Å². The third-order valence-electron chi connectivity index (χ3n) is 7.62. The lowest BCUT2D eigenvalue weighted by molar-refractivity contribution is -0.132. The largest absolute Gasteiger partial charge is 0.382 e. The van der Waals surface area contributed by atoms with E-state index < -0.39 is 6.04 Å². The van der Waals surface area contributed by atoms with Crippen LogP contribution < -0.4 is 5.32 Å². The molecular weight excluding hydrogens is 735 g/mol. The van der Waals surface area contributed by atoms with Gasteiger partial charge in [-0.1, -0.05) is 48.5 Å². The van der Waals surface area contributed by atoms with Gasteiger partial charge in [-0.3, -0.25) is 14.4 Å². The third kappa shape index (κ3) is 39.4. The number of methoxy groups -OCH3 is 2. The van der Waals surface area contributed by atoms with E-state index in [-0.39, 0.29) is 41.6 Å². The average Bonchev–Trinajstić information content (AvgIpc) is 3.17. The molecule has 0 rings (SSSR count). The van der Waals surface area contributed by atoms with E-state index in [1.807, 2.05) is 48.5 Å². The number of thioether (sulfide) groups is 2. The summed E-state index contributed by atoms with van der Waals surface area (Å²) in [5, 5.41) is 3.06. The Morgan fingerprint density at radius 3 is 1.28 bits per heavy atom. The second-order valence-corrected chi connectivity index (χ2v) is 14.7. The molecule has 1 unspecified atom stereocenters. The maximum Gasteiger partial charge on any atom is 0.223 e. The van der Waals surface area contributed by atoms with E-state index in [1.54, 1.807) is 44.7 Å². The van der Waals surface area contributed by atoms with Gasteiger partial charge in [0.05, 0.1) is 98.5 Å². The van der Waals surface area contributed by atoms with Crippen LogP contribution in [0.2, 0.25) is 0 Å². The van der Waals surface area contributed by atoms with Gasteiger partial charge in [-0.05, 0) is 50.0 Å². The van der Waals surface area contributed by atoms with Crippen molar-refractivity contribution in [3.05, 3.63) is 0 Å². The second kappa shape index (κ2) is 46.6. The molecule has 0 aliphatic carbocycles. The van der Waals surface area contributed by atoms with Crippen LogP contribution in [0.5, 0.6) is 0 Å². The smallest absolute Gasteiger partial charge is 0.223 e. The van der Waals surface area contributed by atoms with Crippen LogP contribution in [0.4, 0.5) is 0 Å². The molecule has 324 valence electrons. The molecule has 0 heterocycles. The van der Waals surface area contributed by atoms with Crippen molar-refractivity contribution < 1.29 is 52.3 Å². The zero-order valence-electron chi connectivity index (χ0n) is 35.9. The van der Waals surface area contributed by atoms with Crippen LogP contribution in [-0.2, 0) is 52.3 Å². The van der Waals surface area contributed by atoms with Crippen molar-refractivity contribution in [2.45, 2.75) is 93.5 Å². The van der Waals surface area contributed by atoms with Gasteiger partial charge < -0.3 is 43.2 Å². The minimum atomic E-state index is -0.584. The van der Waals surface area contributed by atoms with Crippen LogP contribution in [0, 0.1) is 17.8 Å². The lowest BCUT2D eigenvalue weighted by atomic mass is 9.89. The Morgan fingerprint density at radius 2 is 0.926 bits per heavy atom. The quantitative estimate of drug-likeness (QED) is 0.0687. The second-order valence-electron chi connectivity index (χ2n) is 12.2. The van der Waals surface area contributed by atoms with Gasteiger partial charge in [0, 0.05) is 44.0 Å². The highest BCUT2D eigenvalue weighted by molar-refractivity contribution is 7.99. The van der Waals surface area contributed by atoms with E-state index in [4.69, 9.17) is 37.9 Å². The summed E-state index contributed by atoms with van der Waals surface area (Å²) in [5.74, 6) is 2.81. The monoisotopic (exact) mass is 816 g/mol. The summed E-state index contributed by atoms with van der Waals surface area (Å²) < 4.78 is 42.7. The molecule has 0 aromatic rings. The number of carbonyl (C=O) groups is 3. The number of carbonyl (C=O) groups excluding carboxylic acids is 3. The molecule has 0 aromatic carbocycles. The molecule has 0 aromatic heterocycles. The molecule has 54 heavy (non-hydrogen) atoms. The predicted octanol–water partition coefficient (Wildman–Crippen LogP) is 6.40. The van der Waals surface area contributed by atoms with Gasteiger partial charge in [0.2, 0.25) is 5.91 Å². The van der Waals surface area contributed by atoms with Gasteiger partial charge in [-0.2, -0.15) is 23.5 Å². The number of hydrogen-bond acceptors (Lipinski definition) is 13. The standard InChI is InChI=1S/C36H69NO11S2.2C2H6/c1-7-32(8-24-49-26-22-47-20-18-45-16-14-43-12-10-41-5)36(40)37-34(28-30(2)3)35(39)29-33(31(4)38)9-25-50-27-23-48-21-19-46-17-15-44-13-11-42-6;2*1-2/h30,32-34H,7-29H2,1-6H3,(H,37,40);2*1-2H3/t32-,33?,34-;;/m0../s1. The number of amides is 1. The van der Waals surface area contributed by atoms with Crippen molar-refractivity contribution in [1.82, 2.24) is 5.32 Å². The molecule has 1 N–H and O–H groups in total. The van der Waals surface area contributed by atoms with E-state index >= 15 is 0 Å². The third-order valence-corrected chi connectivity index (χ3v) is 9.57. The lowest BCUT2D eigenvalue weighted by Gasteiger charge is -2.24. The van der Waals surface area contributed by atoms with Crippen molar-refractivity contribution in [2.24, 2.45) is 17.8 Å². The van der Waals surface area contributed by atoms with Crippen molar-refractivity contribution in [1.29, 1.82) is 0 Å². The Morgan fingerprint density at radius 1 is 0.556 bits per heavy atom. The van der Waals surface area contributed by atoms with E-state index in [1.165, 1.54) is 0 Å². The van der Waals surface area contributed by atoms with Crippen LogP contribution in [0.25, 0.3) is 0 Å². The van der Waals surface area contributed by atoms with Gasteiger partial charge in [-0.25, -0.2) is 0 Å². The predicted molar refractivity (Wildman–Crippen MR) is 224 cm³/mol. The normalized spacial score (nSPS) is 12.6. The van der Waals surface area contributed by atoms with Crippen molar-refractivity contribution in [2.75, 3.05) is 130 Å². The van der Waals surface area contributed by atoms with Crippen LogP contribution in [0.1, 0.15) is 87.5 Å². The number of ketones is 2. The van der Waals surface area contributed by atoms with E-state index in [9.17, 15) is 14.4 Å². The molecule has 0 aliphatic rings. The van der Waals surface area contributed by atoms with Crippen LogP contribution in [0.3, 0.4) is 0 Å². The highest BCUT2D eigenvalue weighted by atomic mass is 32.2. The fraction of sp³-hybridized carbons (Fsp3) is 0.925. The molecule has 12 nitrogen and oxygen atoms in total. The maximum atomic E-state index is 13.4. The van der Waals surface area contributed by atoms with Gasteiger partial charge in [0.1, 0.15) is 5.78 Å². The minimum absolute atomic E-state index is 0.0106. The minimum Gasteiger partial charge on any atom is -0.382 e. The van der Waals surface area contributed by atoms with Crippen LogP contribution >= 0.6 is 23.5 Å². The zero-order chi connectivity index (χ0) is 41.1. The van der Waals surface area contributed by atoms with Crippen molar-refractivity contribution >= 4 is 41.0 Å². The highest BCUT2D eigenvalue weighted by Gasteiger charge is 2.28. The molecule has 1 amide bonds. The van der Waals surface area contributed by atoms with Crippen molar-refractivity contribution in [3.63, 3.8) is 0 Å². The van der Waals surface area contributed by atoms with E-state index in [0.29, 0.717) is 112 Å². The number of Topliss-reactive ketones (excluding diaryl/α,β-unsaturated/α-hetero) is 2. The molecule has 0 fully saturated rings. The molecule has 0 aliphatic heterocycles. The first-order chi connectivity index (χ1) is 26.3. The van der Waals surface area contributed by atoms with Gasteiger partial charge in [-0.15, -0.1) is 0 Å². The summed E-state index contributed by atoms with van der Waals surface area (Å²) in [5.41, 5.74) is 0. The summed E-state index contributed by atoms with van der Waals surface area (Å²) in [7, 11) is 3.28. The molecule has 0 spiro atoms. The fourth-order valence-electron chi connectivity index (χ4n) is 4.65. The topological polar surface area (TPSA) is 137 Å². The molecule has 0 radical (unpaired) electrons. The molecule has 0 bridgehead atoms. The number of ether oxygens (including phenoxy) is 8. The molecule has 14 heteroatoms. The first-order valence-corrected chi connectivity index (χ1v) is 22.5. The van der Waals surface area contributed by atoms with E-state index in [0.717, 1.165) is 29.4 Å². The first kappa shape index (κ1) is 57.5. The van der Waals surface area contributed by atoms with Gasteiger partial charge in [0.15, 0.2) is 5.78 Å². The SMILES string of the molecule is CC.CC.CC[C@@H](CCSCCOCCOCCOCCOC)C(=O)N[C@@H](CC(C)C)C(=O)CC(CCSCCOCCOCCOCCOC)C(C)=O. The van der Waals surface area contributed by atoms with Crippen molar-refractivity contribution in [3.8, 4) is 0 Å². The summed E-state index contributed by atoms with van der Waals surface area (Å²) >= 11 is 3.46. The summed E-state index contributed by atoms with van der Waals surface area (Å²) in [6.07, 6.45) is 2.76. The molecule has 3 atom stereocenters. The highest BCUT2D eigenvalue weighted by Crippen LogP contribution is 2.20. The van der Waals surface area contributed by atoms with Crippen LogP contribution in [-0.4, -0.2) is 153 Å². The fourth-order valence-corrected chi connectivity index (χ4v) is 6.43. The molecule has 0 saturated carbocycles. The summed E-state index contributed by atoms with van der Waals surface area (Å²) in [4.78, 5) is 39.1. The Hall–Kier alpha value is -0.810. The summed E-state index contributed by atoms with van der Waals surface area (Å²) in [6.45, 7) is 23.4. The van der Waals surface area contributed by atoms with Crippen LogP contribution in [0.15, 0.2) is 0 Å². The average molecular weight is 816 g/mol. The number of nitrogens with one attached hydrogen (secondary N) is 1. The maximum absolute atomic E-state index is 13.4. The van der Waals surface area contributed by atoms with Gasteiger partial charge in [0.25, 0.3) is 0 Å². The summed E-state index contributed by atoms with van der Waals surface area (Å²) in [6, 6.07) is -0.584. The molecular formula is C40H81NO11S2. The molecule has 0 saturated heterocycles. The Balaban J connectivity index is -0.00000627. The Labute approximate surface area is 338 Å². The Kier molecular flexibility index (Phi) is 49.6. The number of hydrogen-bond donors (Lipinski definition) is 1. The Bertz CT molecular complexity index is 812. The lowest BCUT2D eigenvalue weighted by Crippen LogP contribution is -2.45. The zero-order valence-corrected chi connectivity index (χ0v) is 37.5.